The molecule has 0 atom stereocenters. The van der Waals surface area contributed by atoms with Gasteiger partial charge in [-0.2, -0.15) is 0 Å². The van der Waals surface area contributed by atoms with Gasteiger partial charge >= 0.3 is 0 Å². The number of halogens is 1. The molecule has 0 aromatic heterocycles. The van der Waals surface area contributed by atoms with Crippen molar-refractivity contribution in [3.63, 3.8) is 0 Å². The highest BCUT2D eigenvalue weighted by Gasteiger charge is 2.05. The Morgan fingerprint density at radius 1 is 1.09 bits per heavy atom. The van der Waals surface area contributed by atoms with Crippen LogP contribution in [0.1, 0.15) is 11.1 Å². The summed E-state index contributed by atoms with van der Waals surface area (Å²) in [4.78, 5) is 11.8. The number of hydrogen-bond donors (Lipinski definition) is 2. The summed E-state index contributed by atoms with van der Waals surface area (Å²) in [5.74, 6) is 0.437. The van der Waals surface area contributed by atoms with Crippen molar-refractivity contribution in [3.05, 3.63) is 65.5 Å². The van der Waals surface area contributed by atoms with E-state index in [1.807, 2.05) is 24.3 Å². The SMILES string of the molecule is COc1ccccc1CCNC(=O)CNCc1ccccc1F. The minimum absolute atomic E-state index is 0.115. The molecule has 0 unspecified atom stereocenters. The van der Waals surface area contributed by atoms with Gasteiger partial charge in [0.05, 0.1) is 13.7 Å². The minimum Gasteiger partial charge on any atom is -0.496 e. The molecule has 0 radical (unpaired) electrons. The first kappa shape index (κ1) is 17.0. The van der Waals surface area contributed by atoms with Crippen molar-refractivity contribution in [2.45, 2.75) is 13.0 Å². The average Bonchev–Trinajstić information content (AvgIpc) is 2.57. The monoisotopic (exact) mass is 316 g/mol. The average molecular weight is 316 g/mol. The van der Waals surface area contributed by atoms with Gasteiger partial charge in [0, 0.05) is 18.7 Å². The molecule has 0 spiro atoms. The third kappa shape index (κ3) is 5.38. The smallest absolute Gasteiger partial charge is 0.233 e. The number of methoxy groups -OCH3 is 1. The predicted molar refractivity (Wildman–Crippen MR) is 87.8 cm³/mol. The zero-order valence-electron chi connectivity index (χ0n) is 13.1. The van der Waals surface area contributed by atoms with Crippen LogP contribution in [0.2, 0.25) is 0 Å². The number of benzene rings is 2. The van der Waals surface area contributed by atoms with Crippen LogP contribution in [-0.2, 0) is 17.8 Å². The molecule has 0 aliphatic rings. The summed E-state index contributed by atoms with van der Waals surface area (Å²) in [7, 11) is 1.63. The summed E-state index contributed by atoms with van der Waals surface area (Å²) in [5.41, 5.74) is 1.60. The number of hydrogen-bond acceptors (Lipinski definition) is 3. The first-order valence-electron chi connectivity index (χ1n) is 7.53. The van der Waals surface area contributed by atoms with Crippen LogP contribution >= 0.6 is 0 Å². The molecule has 4 nitrogen and oxygen atoms in total. The summed E-state index contributed by atoms with van der Waals surface area (Å²) in [6.07, 6.45) is 0.697. The standard InChI is InChI=1S/C18H21FN2O2/c1-23-17-9-5-3-6-14(17)10-11-21-18(22)13-20-12-15-7-2-4-8-16(15)19/h2-9,20H,10-13H2,1H3,(H,21,22). The van der Waals surface area contributed by atoms with E-state index in [1.165, 1.54) is 6.07 Å². The lowest BCUT2D eigenvalue weighted by molar-refractivity contribution is -0.120. The van der Waals surface area contributed by atoms with Crippen LogP contribution in [0.5, 0.6) is 5.75 Å². The molecule has 0 aliphatic heterocycles. The van der Waals surface area contributed by atoms with E-state index in [0.29, 0.717) is 25.1 Å². The molecule has 2 rings (SSSR count). The molecule has 23 heavy (non-hydrogen) atoms. The Morgan fingerprint density at radius 3 is 2.52 bits per heavy atom. The maximum Gasteiger partial charge on any atom is 0.233 e. The number of carbonyl (C=O) groups is 1. The summed E-state index contributed by atoms with van der Waals surface area (Å²) in [5, 5.41) is 5.77. The largest absolute Gasteiger partial charge is 0.496 e. The van der Waals surface area contributed by atoms with Gasteiger partial charge in [-0.25, -0.2) is 4.39 Å². The molecule has 0 saturated heterocycles. The van der Waals surface area contributed by atoms with Crippen molar-refractivity contribution in [2.24, 2.45) is 0 Å². The quantitative estimate of drug-likeness (QED) is 0.785. The number of ether oxygens (including phenoxy) is 1. The normalized spacial score (nSPS) is 10.3. The van der Waals surface area contributed by atoms with Crippen LogP contribution in [0.15, 0.2) is 48.5 Å². The Morgan fingerprint density at radius 2 is 1.78 bits per heavy atom. The van der Waals surface area contributed by atoms with Crippen molar-refractivity contribution in [1.82, 2.24) is 10.6 Å². The number of para-hydroxylation sites is 1. The van der Waals surface area contributed by atoms with Crippen LogP contribution in [0, 0.1) is 5.82 Å². The molecule has 2 aromatic rings. The molecule has 5 heteroatoms. The van der Waals surface area contributed by atoms with Crippen molar-refractivity contribution in [1.29, 1.82) is 0 Å². The number of rotatable bonds is 8. The summed E-state index contributed by atoms with van der Waals surface area (Å²) in [6, 6.07) is 14.2. The zero-order valence-corrected chi connectivity index (χ0v) is 13.1. The maximum atomic E-state index is 13.4. The predicted octanol–water partition coefficient (Wildman–Crippen LogP) is 2.28. The second-order valence-corrected chi connectivity index (χ2v) is 5.11. The Kier molecular flexibility index (Phi) is 6.56. The molecule has 122 valence electrons. The molecular formula is C18H21FN2O2. The number of amides is 1. The number of carbonyl (C=O) groups excluding carboxylic acids is 1. The summed E-state index contributed by atoms with van der Waals surface area (Å²) >= 11 is 0. The lowest BCUT2D eigenvalue weighted by atomic mass is 10.1. The van der Waals surface area contributed by atoms with E-state index in [9.17, 15) is 9.18 Å². The fraction of sp³-hybridized carbons (Fsp3) is 0.278. The molecule has 0 fully saturated rings. The highest BCUT2D eigenvalue weighted by atomic mass is 19.1. The first-order chi connectivity index (χ1) is 11.2. The van der Waals surface area contributed by atoms with Crippen LogP contribution in [0.4, 0.5) is 4.39 Å². The van der Waals surface area contributed by atoms with E-state index in [1.54, 1.807) is 25.3 Å². The molecule has 2 N–H and O–H groups in total. The Bertz CT molecular complexity index is 646. The fourth-order valence-corrected chi connectivity index (χ4v) is 2.26. The molecule has 1 amide bonds. The van der Waals surface area contributed by atoms with Crippen molar-refractivity contribution in [2.75, 3.05) is 20.2 Å². The van der Waals surface area contributed by atoms with Crippen LogP contribution < -0.4 is 15.4 Å². The first-order valence-corrected chi connectivity index (χ1v) is 7.53. The Hall–Kier alpha value is -2.40. The summed E-state index contributed by atoms with van der Waals surface area (Å²) < 4.78 is 18.7. The maximum absolute atomic E-state index is 13.4. The van der Waals surface area contributed by atoms with E-state index in [2.05, 4.69) is 10.6 Å². The van der Waals surface area contributed by atoms with Gasteiger partial charge in [0.15, 0.2) is 0 Å². The van der Waals surface area contributed by atoms with Crippen molar-refractivity contribution < 1.29 is 13.9 Å². The molecule has 0 saturated carbocycles. The highest BCUT2D eigenvalue weighted by Crippen LogP contribution is 2.17. The second-order valence-electron chi connectivity index (χ2n) is 5.11. The number of nitrogens with one attached hydrogen (secondary N) is 2. The molecule has 2 aromatic carbocycles. The van der Waals surface area contributed by atoms with Gasteiger partial charge in [-0.1, -0.05) is 36.4 Å². The Labute approximate surface area is 135 Å². The lowest BCUT2D eigenvalue weighted by Gasteiger charge is -2.10. The van der Waals surface area contributed by atoms with E-state index in [0.717, 1.165) is 11.3 Å². The van der Waals surface area contributed by atoms with E-state index >= 15 is 0 Å². The van der Waals surface area contributed by atoms with Gasteiger partial charge < -0.3 is 15.4 Å². The van der Waals surface area contributed by atoms with Gasteiger partial charge in [0.2, 0.25) is 5.91 Å². The van der Waals surface area contributed by atoms with E-state index < -0.39 is 0 Å². The van der Waals surface area contributed by atoms with Gasteiger partial charge in [0.25, 0.3) is 0 Å². The molecular weight excluding hydrogens is 295 g/mol. The topological polar surface area (TPSA) is 50.4 Å². The highest BCUT2D eigenvalue weighted by molar-refractivity contribution is 5.77. The third-order valence-corrected chi connectivity index (χ3v) is 3.47. The van der Waals surface area contributed by atoms with Gasteiger partial charge in [-0.3, -0.25) is 4.79 Å². The van der Waals surface area contributed by atoms with Gasteiger partial charge in [-0.05, 0) is 24.1 Å². The van der Waals surface area contributed by atoms with Crippen LogP contribution in [-0.4, -0.2) is 26.1 Å². The van der Waals surface area contributed by atoms with E-state index in [-0.39, 0.29) is 18.3 Å². The summed E-state index contributed by atoms with van der Waals surface area (Å²) in [6.45, 7) is 1.01. The molecule has 0 aliphatic carbocycles. The van der Waals surface area contributed by atoms with Crippen LogP contribution in [0.3, 0.4) is 0 Å². The van der Waals surface area contributed by atoms with Crippen molar-refractivity contribution in [3.8, 4) is 5.75 Å². The Balaban J connectivity index is 1.68. The van der Waals surface area contributed by atoms with Crippen molar-refractivity contribution >= 4 is 5.91 Å². The van der Waals surface area contributed by atoms with E-state index in [4.69, 9.17) is 4.74 Å². The second kappa shape index (κ2) is 8.90. The van der Waals surface area contributed by atoms with Gasteiger partial charge in [-0.15, -0.1) is 0 Å². The molecule has 0 bridgehead atoms. The van der Waals surface area contributed by atoms with Crippen LogP contribution in [0.25, 0.3) is 0 Å². The van der Waals surface area contributed by atoms with Gasteiger partial charge in [0.1, 0.15) is 11.6 Å². The zero-order chi connectivity index (χ0) is 16.5. The molecule has 0 heterocycles. The fourth-order valence-electron chi connectivity index (χ4n) is 2.26. The third-order valence-electron chi connectivity index (χ3n) is 3.47. The minimum atomic E-state index is -0.267. The lowest BCUT2D eigenvalue weighted by Crippen LogP contribution is -2.34.